The molecular weight excluding hydrogens is 695 g/mol. The van der Waals surface area contributed by atoms with E-state index in [0.717, 1.165) is 0 Å². The average molecular weight is 716 g/mol. The van der Waals surface area contributed by atoms with Crippen molar-refractivity contribution in [3.05, 3.63) is 133 Å². The van der Waals surface area contributed by atoms with Crippen LogP contribution in [-0.2, 0) is 0 Å². The fraction of sp³-hybridized carbons (Fsp3) is 0. The zero-order valence-electron chi connectivity index (χ0n) is 22.1. The summed E-state index contributed by atoms with van der Waals surface area (Å²) < 4.78 is 10.9. The number of nitrogens with zero attached hydrogens (tertiary/aromatic N) is 1. The Bertz CT molecular complexity index is 1530. The van der Waals surface area contributed by atoms with E-state index in [-0.39, 0.29) is 28.9 Å². The van der Waals surface area contributed by atoms with Gasteiger partial charge in [-0.05, 0) is 72.8 Å². The van der Waals surface area contributed by atoms with Gasteiger partial charge in [-0.15, -0.1) is 0 Å². The van der Waals surface area contributed by atoms with Crippen molar-refractivity contribution >= 4 is 75.5 Å². The molecule has 1 heterocycles. The highest BCUT2D eigenvalue weighted by Gasteiger charge is 2.09. The Kier molecular flexibility index (Phi) is 13.5. The van der Waals surface area contributed by atoms with Gasteiger partial charge in [-0.25, -0.2) is 5.84 Å². The van der Waals surface area contributed by atoms with Crippen molar-refractivity contribution in [1.29, 1.82) is 0 Å². The van der Waals surface area contributed by atoms with Crippen molar-refractivity contribution in [2.45, 2.75) is 0 Å². The van der Waals surface area contributed by atoms with Gasteiger partial charge in [0.15, 0.2) is 23.0 Å². The summed E-state index contributed by atoms with van der Waals surface area (Å²) in [6.45, 7) is 0. The second-order valence-corrected chi connectivity index (χ2v) is 10.8. The number of amides is 1. The van der Waals surface area contributed by atoms with Crippen LogP contribution in [0, 0.1) is 0 Å². The lowest BCUT2D eigenvalue weighted by molar-refractivity contribution is 0.0953. The standard InChI is InChI=1S/2C12H7Cl3O2.C6H7N3O/c2*13-7-1-3-11(9(15)5-7)17-12-4-2-8(14)6-10(12)16;7-9-6(10)5-1-3-8-4-2-5/h2*1-6,16H;1-4H,7H2,(H,9,10). The molecular formula is C30H21Cl6N3O5. The molecule has 0 aliphatic rings. The minimum absolute atomic E-state index is 0.0523. The Balaban J connectivity index is 0.000000187. The van der Waals surface area contributed by atoms with Gasteiger partial charge in [0.25, 0.3) is 5.91 Å². The number of carbonyl (C=O) groups excluding carboxylic acids is 1. The van der Waals surface area contributed by atoms with E-state index in [1.807, 2.05) is 5.43 Å². The second-order valence-electron chi connectivity index (χ2n) is 8.29. The van der Waals surface area contributed by atoms with Gasteiger partial charge in [0, 0.05) is 50.2 Å². The summed E-state index contributed by atoms with van der Waals surface area (Å²) in [4.78, 5) is 14.5. The molecule has 0 aliphatic carbocycles. The first-order valence-electron chi connectivity index (χ1n) is 12.1. The van der Waals surface area contributed by atoms with E-state index < -0.39 is 0 Å². The lowest BCUT2D eigenvalue weighted by Crippen LogP contribution is -2.29. The second kappa shape index (κ2) is 17.0. The Morgan fingerprint density at radius 3 is 1.30 bits per heavy atom. The summed E-state index contributed by atoms with van der Waals surface area (Å²) in [5, 5.41) is 21.9. The van der Waals surface area contributed by atoms with E-state index in [0.29, 0.717) is 47.2 Å². The number of carbonyl (C=O) groups is 1. The number of nitrogens with one attached hydrogen (secondary N) is 1. The van der Waals surface area contributed by atoms with Crippen molar-refractivity contribution in [3.63, 3.8) is 0 Å². The maximum Gasteiger partial charge on any atom is 0.265 e. The molecule has 5 rings (SSSR count). The summed E-state index contributed by atoms with van der Waals surface area (Å²) in [7, 11) is 0. The van der Waals surface area contributed by atoms with Crippen LogP contribution in [0.3, 0.4) is 0 Å². The summed E-state index contributed by atoms with van der Waals surface area (Å²) in [6, 6.07) is 22.0. The molecule has 0 spiro atoms. The molecule has 0 unspecified atom stereocenters. The quantitative estimate of drug-likeness (QED) is 0.0810. The van der Waals surface area contributed by atoms with Crippen molar-refractivity contribution < 1.29 is 24.5 Å². The van der Waals surface area contributed by atoms with Crippen molar-refractivity contribution in [2.75, 3.05) is 0 Å². The maximum atomic E-state index is 10.7. The summed E-state index contributed by atoms with van der Waals surface area (Å²) in [5.41, 5.74) is 2.53. The molecule has 1 aromatic heterocycles. The molecule has 0 saturated carbocycles. The number of halogens is 6. The van der Waals surface area contributed by atoms with Crippen LogP contribution in [0.15, 0.2) is 97.3 Å². The van der Waals surface area contributed by atoms with Gasteiger partial charge in [0.1, 0.15) is 11.5 Å². The first-order valence-corrected chi connectivity index (χ1v) is 14.4. The highest BCUT2D eigenvalue weighted by atomic mass is 35.5. The zero-order chi connectivity index (χ0) is 32.2. The van der Waals surface area contributed by atoms with E-state index in [9.17, 15) is 15.0 Å². The predicted molar refractivity (Wildman–Crippen MR) is 175 cm³/mol. The number of nitrogens with two attached hydrogens (primary N) is 1. The molecule has 0 saturated heterocycles. The van der Waals surface area contributed by atoms with E-state index in [1.54, 1.807) is 72.8 Å². The molecule has 228 valence electrons. The van der Waals surface area contributed by atoms with E-state index >= 15 is 0 Å². The first-order chi connectivity index (χ1) is 21.0. The number of rotatable bonds is 5. The van der Waals surface area contributed by atoms with Gasteiger partial charge in [-0.2, -0.15) is 0 Å². The van der Waals surface area contributed by atoms with Crippen LogP contribution in [0.25, 0.3) is 0 Å². The van der Waals surface area contributed by atoms with Crippen LogP contribution in [0.2, 0.25) is 30.1 Å². The number of aromatic nitrogens is 1. The maximum absolute atomic E-state index is 10.7. The van der Waals surface area contributed by atoms with Gasteiger partial charge in [0.05, 0.1) is 10.0 Å². The number of aromatic hydroxyl groups is 2. The fourth-order valence-electron chi connectivity index (χ4n) is 3.09. The van der Waals surface area contributed by atoms with Crippen LogP contribution >= 0.6 is 69.6 Å². The van der Waals surface area contributed by atoms with Crippen molar-refractivity contribution in [3.8, 4) is 34.5 Å². The van der Waals surface area contributed by atoms with Crippen LogP contribution in [-0.4, -0.2) is 21.1 Å². The molecule has 4 aromatic carbocycles. The van der Waals surface area contributed by atoms with Gasteiger partial charge < -0.3 is 19.7 Å². The van der Waals surface area contributed by atoms with Crippen LogP contribution in [0.4, 0.5) is 0 Å². The highest BCUT2D eigenvalue weighted by Crippen LogP contribution is 2.38. The zero-order valence-corrected chi connectivity index (χ0v) is 26.7. The molecule has 5 N–H and O–H groups in total. The SMILES string of the molecule is NNC(=O)c1ccncc1.Oc1cc(Cl)ccc1Oc1ccc(Cl)cc1Cl.Oc1cc(Cl)ccc1Oc1ccc(Cl)cc1Cl. The Hall–Kier alpha value is -3.60. The molecule has 5 aromatic rings. The number of ether oxygens (including phenoxy) is 2. The molecule has 8 nitrogen and oxygen atoms in total. The lowest BCUT2D eigenvalue weighted by Gasteiger charge is -2.09. The average Bonchev–Trinajstić information content (AvgIpc) is 2.99. The summed E-state index contributed by atoms with van der Waals surface area (Å²) >= 11 is 34.8. The van der Waals surface area contributed by atoms with E-state index in [4.69, 9.17) is 84.9 Å². The molecule has 44 heavy (non-hydrogen) atoms. The van der Waals surface area contributed by atoms with Crippen LogP contribution in [0.5, 0.6) is 34.5 Å². The number of phenols is 2. The normalized spacial score (nSPS) is 9.98. The third kappa shape index (κ3) is 10.8. The number of benzene rings is 4. The Labute approximate surface area is 282 Å². The summed E-state index contributed by atoms with van der Waals surface area (Å²) in [6.07, 6.45) is 3.06. The highest BCUT2D eigenvalue weighted by molar-refractivity contribution is 6.36. The molecule has 14 heteroatoms. The molecule has 0 radical (unpaired) electrons. The minimum Gasteiger partial charge on any atom is -0.504 e. The monoisotopic (exact) mass is 713 g/mol. The van der Waals surface area contributed by atoms with Crippen LogP contribution in [0.1, 0.15) is 10.4 Å². The largest absolute Gasteiger partial charge is 0.504 e. The number of pyridine rings is 1. The van der Waals surface area contributed by atoms with Crippen molar-refractivity contribution in [2.24, 2.45) is 5.84 Å². The first kappa shape index (κ1) is 34.9. The molecule has 0 atom stereocenters. The Morgan fingerprint density at radius 2 is 0.955 bits per heavy atom. The van der Waals surface area contributed by atoms with Gasteiger partial charge >= 0.3 is 0 Å². The third-order valence-corrected chi connectivity index (χ3v) is 6.67. The number of hydrazine groups is 1. The third-order valence-electron chi connectivity index (χ3n) is 5.14. The summed E-state index contributed by atoms with van der Waals surface area (Å²) in [5.74, 6) is 5.85. The van der Waals surface area contributed by atoms with Gasteiger partial charge in [0.2, 0.25) is 0 Å². The van der Waals surface area contributed by atoms with Crippen molar-refractivity contribution in [1.82, 2.24) is 10.4 Å². The topological polar surface area (TPSA) is 127 Å². The molecule has 0 fully saturated rings. The Morgan fingerprint density at radius 1 is 0.591 bits per heavy atom. The molecule has 1 amide bonds. The lowest BCUT2D eigenvalue weighted by atomic mass is 10.3. The molecule has 0 bridgehead atoms. The number of hydrogen-bond donors (Lipinski definition) is 4. The van der Waals surface area contributed by atoms with E-state index in [1.165, 1.54) is 24.5 Å². The fourth-order valence-corrected chi connectivity index (χ4v) is 4.32. The number of phenolic OH excluding ortho intramolecular Hbond substituents is 2. The smallest absolute Gasteiger partial charge is 0.265 e. The van der Waals surface area contributed by atoms with Gasteiger partial charge in [-0.1, -0.05) is 69.6 Å². The molecule has 0 aliphatic heterocycles. The minimum atomic E-state index is -0.303. The predicted octanol–water partition coefficient (Wildman–Crippen LogP) is 9.97. The number of hydrogen-bond acceptors (Lipinski definition) is 7. The van der Waals surface area contributed by atoms with Crippen LogP contribution < -0.4 is 20.7 Å². The number of nitrogen functional groups attached to an aromatic ring is 1. The van der Waals surface area contributed by atoms with E-state index in [2.05, 4.69) is 4.98 Å². The van der Waals surface area contributed by atoms with Gasteiger partial charge in [-0.3, -0.25) is 15.2 Å².